The van der Waals surface area contributed by atoms with Crippen LogP contribution in [0.3, 0.4) is 0 Å². The van der Waals surface area contributed by atoms with Crippen molar-refractivity contribution >= 4 is 0 Å². The second kappa shape index (κ2) is 8.71. The molecule has 0 spiro atoms. The predicted octanol–water partition coefficient (Wildman–Crippen LogP) is 4.79. The molecule has 3 nitrogen and oxygen atoms in total. The maximum atomic E-state index is 10.5. The Morgan fingerprint density at radius 2 is 1.74 bits per heavy atom. The van der Waals surface area contributed by atoms with Gasteiger partial charge in [0.05, 0.1) is 6.04 Å². The highest BCUT2D eigenvalue weighted by molar-refractivity contribution is 5.20. The van der Waals surface area contributed by atoms with E-state index in [1.807, 2.05) is 30.3 Å². The minimum Gasteiger partial charge on any atom is -0.491 e. The molecule has 3 N–H and O–H groups in total. The lowest BCUT2D eigenvalue weighted by molar-refractivity contribution is -0.706. The SMILES string of the molecule is C[C@@]12CC[C@H]3[C@@H](CC[C@@H]4CCCC[C@@]43C)[C@H]1CC[C@@H]2[NH2+]C[C@H](O)COc1ccccc1. The molecule has 0 bridgehead atoms. The number of ether oxygens (including phenoxy) is 1. The molecule has 0 unspecified atom stereocenters. The Morgan fingerprint density at radius 3 is 2.58 bits per heavy atom. The number of rotatable bonds is 6. The van der Waals surface area contributed by atoms with E-state index < -0.39 is 6.10 Å². The molecule has 4 fully saturated rings. The maximum absolute atomic E-state index is 10.5. The first-order valence-electron chi connectivity index (χ1n) is 13.2. The van der Waals surface area contributed by atoms with Crippen molar-refractivity contribution < 1.29 is 15.2 Å². The number of quaternary nitrogens is 1. The number of hydrogen-bond donors (Lipinski definition) is 2. The first kappa shape index (κ1) is 21.8. The van der Waals surface area contributed by atoms with Crippen LogP contribution in [-0.2, 0) is 0 Å². The highest BCUT2D eigenvalue weighted by Gasteiger charge is 2.60. The molecule has 0 amide bonds. The molecule has 172 valence electrons. The Kier molecular flexibility index (Phi) is 6.11. The van der Waals surface area contributed by atoms with Gasteiger partial charge in [0.15, 0.2) is 0 Å². The summed E-state index contributed by atoms with van der Waals surface area (Å²) < 4.78 is 5.78. The van der Waals surface area contributed by atoms with Gasteiger partial charge in [-0.05, 0) is 86.2 Å². The Balaban J connectivity index is 1.18. The van der Waals surface area contributed by atoms with E-state index in [0.717, 1.165) is 36.0 Å². The lowest BCUT2D eigenvalue weighted by Crippen LogP contribution is -2.94. The van der Waals surface area contributed by atoms with Gasteiger partial charge in [-0.15, -0.1) is 0 Å². The van der Waals surface area contributed by atoms with Crippen LogP contribution in [0.2, 0.25) is 0 Å². The van der Waals surface area contributed by atoms with Gasteiger partial charge in [0.25, 0.3) is 0 Å². The standard InChI is InChI=1S/C28H43NO2/c1-27-16-7-6-8-20(27)11-12-23-24-13-14-26(28(24,2)17-15-25(23)27)29-18-21(30)19-31-22-9-4-3-5-10-22/h3-5,9-10,20-21,23-26,29-30H,6-8,11-19H2,1-2H3/p+1/t20-,21-,23-,24+,25-,26-,27-,28+/m0/s1. The van der Waals surface area contributed by atoms with Crippen LogP contribution < -0.4 is 10.1 Å². The minimum atomic E-state index is -0.407. The van der Waals surface area contributed by atoms with Crippen LogP contribution >= 0.6 is 0 Å². The maximum Gasteiger partial charge on any atom is 0.137 e. The number of benzene rings is 1. The van der Waals surface area contributed by atoms with Crippen LogP contribution in [0.5, 0.6) is 5.75 Å². The monoisotopic (exact) mass is 426 g/mol. The van der Waals surface area contributed by atoms with Crippen molar-refractivity contribution in [2.45, 2.75) is 90.2 Å². The third-order valence-electron chi connectivity index (χ3n) is 10.5. The van der Waals surface area contributed by atoms with Gasteiger partial charge in [0, 0.05) is 11.8 Å². The van der Waals surface area contributed by atoms with Gasteiger partial charge >= 0.3 is 0 Å². The van der Waals surface area contributed by atoms with E-state index in [2.05, 4.69) is 19.2 Å². The minimum absolute atomic E-state index is 0.387. The zero-order valence-corrected chi connectivity index (χ0v) is 19.8. The molecule has 8 atom stereocenters. The molecular weight excluding hydrogens is 382 g/mol. The lowest BCUT2D eigenvalue weighted by Gasteiger charge is -2.60. The predicted molar refractivity (Wildman–Crippen MR) is 125 cm³/mol. The van der Waals surface area contributed by atoms with E-state index >= 15 is 0 Å². The normalized spacial score (nSPS) is 42.9. The first-order chi connectivity index (χ1) is 15.0. The van der Waals surface area contributed by atoms with E-state index in [0.29, 0.717) is 23.5 Å². The number of nitrogens with two attached hydrogens (primary N) is 1. The Labute approximate surface area is 189 Å². The molecule has 4 aliphatic carbocycles. The van der Waals surface area contributed by atoms with Gasteiger partial charge in [-0.25, -0.2) is 0 Å². The van der Waals surface area contributed by atoms with E-state index in [1.54, 1.807) is 0 Å². The Morgan fingerprint density at radius 1 is 0.935 bits per heavy atom. The van der Waals surface area contributed by atoms with Crippen LogP contribution in [0.4, 0.5) is 0 Å². The van der Waals surface area contributed by atoms with E-state index in [4.69, 9.17) is 4.74 Å². The molecule has 0 saturated heterocycles. The quantitative estimate of drug-likeness (QED) is 0.687. The number of hydrogen-bond acceptors (Lipinski definition) is 2. The van der Waals surface area contributed by atoms with Crippen LogP contribution in [0, 0.1) is 34.5 Å². The molecule has 31 heavy (non-hydrogen) atoms. The fraction of sp³-hybridized carbons (Fsp3) is 0.786. The van der Waals surface area contributed by atoms with E-state index in [-0.39, 0.29) is 0 Å². The van der Waals surface area contributed by atoms with Crippen molar-refractivity contribution in [2.75, 3.05) is 13.2 Å². The average molecular weight is 427 g/mol. The molecule has 4 aliphatic rings. The zero-order valence-electron chi connectivity index (χ0n) is 19.8. The fourth-order valence-electron chi connectivity index (χ4n) is 8.82. The third kappa shape index (κ3) is 3.95. The average Bonchev–Trinajstić information content (AvgIpc) is 3.13. The first-order valence-corrected chi connectivity index (χ1v) is 13.2. The summed E-state index contributed by atoms with van der Waals surface area (Å²) in [5, 5.41) is 13.0. The smallest absolute Gasteiger partial charge is 0.137 e. The molecule has 1 aromatic rings. The summed E-state index contributed by atoms with van der Waals surface area (Å²) in [6, 6.07) is 10.5. The Bertz CT molecular complexity index is 738. The summed E-state index contributed by atoms with van der Waals surface area (Å²) in [6.07, 6.45) is 14.1. The van der Waals surface area contributed by atoms with Gasteiger partial charge < -0.3 is 15.2 Å². The van der Waals surface area contributed by atoms with Gasteiger partial charge in [0.2, 0.25) is 0 Å². The summed E-state index contributed by atoms with van der Waals surface area (Å²) in [4.78, 5) is 0. The van der Waals surface area contributed by atoms with Crippen LogP contribution in [-0.4, -0.2) is 30.4 Å². The molecule has 5 rings (SSSR count). The number of aliphatic hydroxyl groups is 1. The van der Waals surface area contributed by atoms with Crippen molar-refractivity contribution in [3.05, 3.63) is 30.3 Å². The molecular formula is C28H44NO2+. The third-order valence-corrected chi connectivity index (χ3v) is 10.5. The van der Waals surface area contributed by atoms with Crippen molar-refractivity contribution in [1.29, 1.82) is 0 Å². The summed E-state index contributed by atoms with van der Waals surface area (Å²) in [6.45, 7) is 6.42. The second-order valence-corrected chi connectivity index (χ2v) is 11.9. The molecule has 0 aromatic heterocycles. The summed E-state index contributed by atoms with van der Waals surface area (Å²) in [5.74, 6) is 4.70. The highest BCUT2D eigenvalue weighted by atomic mass is 16.5. The highest BCUT2D eigenvalue weighted by Crippen LogP contribution is 2.65. The summed E-state index contributed by atoms with van der Waals surface area (Å²) in [7, 11) is 0. The number of fused-ring (bicyclic) bond motifs is 5. The van der Waals surface area contributed by atoms with Crippen molar-refractivity contribution in [3.63, 3.8) is 0 Å². The number of aliphatic hydroxyl groups excluding tert-OH is 1. The molecule has 1 aromatic carbocycles. The van der Waals surface area contributed by atoms with Crippen LogP contribution in [0.15, 0.2) is 30.3 Å². The summed E-state index contributed by atoms with van der Waals surface area (Å²) in [5.41, 5.74) is 1.09. The van der Waals surface area contributed by atoms with Gasteiger partial charge in [0.1, 0.15) is 25.0 Å². The topological polar surface area (TPSA) is 46.1 Å². The molecule has 0 heterocycles. The number of para-hydroxylation sites is 1. The fourth-order valence-corrected chi connectivity index (χ4v) is 8.82. The molecule has 4 saturated carbocycles. The molecule has 3 heteroatoms. The van der Waals surface area contributed by atoms with Crippen molar-refractivity contribution in [3.8, 4) is 5.75 Å². The van der Waals surface area contributed by atoms with Crippen LogP contribution in [0.25, 0.3) is 0 Å². The second-order valence-electron chi connectivity index (χ2n) is 11.9. The zero-order chi connectivity index (χ0) is 21.5. The lowest BCUT2D eigenvalue weighted by atomic mass is 9.45. The molecule has 0 aliphatic heterocycles. The van der Waals surface area contributed by atoms with Gasteiger partial charge in [-0.1, -0.05) is 44.9 Å². The van der Waals surface area contributed by atoms with E-state index in [9.17, 15) is 5.11 Å². The van der Waals surface area contributed by atoms with Gasteiger partial charge in [-0.2, -0.15) is 0 Å². The largest absolute Gasteiger partial charge is 0.491 e. The molecule has 0 radical (unpaired) electrons. The van der Waals surface area contributed by atoms with E-state index in [1.165, 1.54) is 64.2 Å². The summed E-state index contributed by atoms with van der Waals surface area (Å²) >= 11 is 0. The Hall–Kier alpha value is -1.06. The van der Waals surface area contributed by atoms with Crippen LogP contribution in [0.1, 0.15) is 78.1 Å². The van der Waals surface area contributed by atoms with Crippen molar-refractivity contribution in [1.82, 2.24) is 0 Å². The van der Waals surface area contributed by atoms with Crippen molar-refractivity contribution in [2.24, 2.45) is 34.5 Å². The van der Waals surface area contributed by atoms with Gasteiger partial charge in [-0.3, -0.25) is 0 Å².